The molecule has 2 aromatic rings. The fraction of sp³-hybridized carbons (Fsp3) is 0.182. The first kappa shape index (κ1) is 10.4. The Hall–Kier alpha value is -2.17. The lowest BCUT2D eigenvalue weighted by molar-refractivity contribution is 0.632. The van der Waals surface area contributed by atoms with Crippen LogP contribution in [-0.4, -0.2) is 19.8 Å². The first-order chi connectivity index (χ1) is 7.81. The van der Waals surface area contributed by atoms with Crippen LogP contribution in [0.5, 0.6) is 0 Å². The number of allylic oxidation sites excluding steroid dienone is 1. The summed E-state index contributed by atoms with van der Waals surface area (Å²) in [6.07, 6.45) is 3.32. The van der Waals surface area contributed by atoms with Gasteiger partial charge in [-0.3, -0.25) is 0 Å². The van der Waals surface area contributed by atoms with E-state index >= 15 is 0 Å². The third-order valence-corrected chi connectivity index (χ3v) is 2.13. The zero-order valence-corrected chi connectivity index (χ0v) is 8.95. The molecule has 0 N–H and O–H groups in total. The molecule has 1 heterocycles. The molecule has 0 fully saturated rings. The topological polar surface area (TPSA) is 52.7 Å². The molecular weight excluding hydrogens is 204 g/mol. The van der Waals surface area contributed by atoms with Crippen molar-refractivity contribution >= 4 is 6.20 Å². The van der Waals surface area contributed by atoms with Gasteiger partial charge in [-0.2, -0.15) is 9.36 Å². The maximum absolute atomic E-state index is 11.7. The second kappa shape index (κ2) is 4.57. The number of aromatic nitrogens is 4. The van der Waals surface area contributed by atoms with Crippen molar-refractivity contribution < 1.29 is 0 Å². The highest BCUT2D eigenvalue weighted by molar-refractivity contribution is 5.17. The Balaban J connectivity index is 2.26. The zero-order chi connectivity index (χ0) is 11.4. The average Bonchev–Trinajstić information content (AvgIpc) is 2.64. The van der Waals surface area contributed by atoms with Gasteiger partial charge in [0, 0.05) is 6.20 Å². The number of rotatable bonds is 3. The molecular formula is C11H12N4O. The summed E-state index contributed by atoms with van der Waals surface area (Å²) < 4.78 is 2.54. The fourth-order valence-electron chi connectivity index (χ4n) is 1.38. The van der Waals surface area contributed by atoms with Crippen LogP contribution in [0.1, 0.15) is 12.5 Å². The van der Waals surface area contributed by atoms with Gasteiger partial charge in [-0.25, -0.2) is 4.79 Å². The maximum atomic E-state index is 11.7. The number of hydrogen-bond acceptors (Lipinski definition) is 3. The van der Waals surface area contributed by atoms with E-state index in [0.29, 0.717) is 6.54 Å². The number of nitrogens with zero attached hydrogens (tertiary/aromatic N) is 4. The van der Waals surface area contributed by atoms with Crippen molar-refractivity contribution in [2.75, 3.05) is 0 Å². The van der Waals surface area contributed by atoms with Crippen molar-refractivity contribution in [3.63, 3.8) is 0 Å². The molecule has 0 spiro atoms. The first-order valence-corrected chi connectivity index (χ1v) is 5.00. The standard InChI is InChI=1S/C11H12N4O/c1-2-8-14-11(16)15(13-12-14)9-10-6-4-3-5-7-10/h2-8H,9H2,1H3/b8-2-. The lowest BCUT2D eigenvalue weighted by Crippen LogP contribution is -2.23. The van der Waals surface area contributed by atoms with Crippen molar-refractivity contribution in [3.05, 3.63) is 52.5 Å². The highest BCUT2D eigenvalue weighted by atomic mass is 16.2. The predicted molar refractivity (Wildman–Crippen MR) is 60.8 cm³/mol. The minimum atomic E-state index is -0.234. The summed E-state index contributed by atoms with van der Waals surface area (Å²) in [5, 5.41) is 7.53. The maximum Gasteiger partial charge on any atom is 0.368 e. The van der Waals surface area contributed by atoms with Crippen LogP contribution in [0.4, 0.5) is 0 Å². The molecule has 16 heavy (non-hydrogen) atoms. The molecule has 0 aliphatic heterocycles. The van der Waals surface area contributed by atoms with Crippen molar-refractivity contribution in [2.45, 2.75) is 13.5 Å². The van der Waals surface area contributed by atoms with Crippen LogP contribution < -0.4 is 5.69 Å². The van der Waals surface area contributed by atoms with E-state index in [4.69, 9.17) is 0 Å². The Morgan fingerprint density at radius 3 is 2.69 bits per heavy atom. The van der Waals surface area contributed by atoms with Crippen LogP contribution in [0, 0.1) is 0 Å². The van der Waals surface area contributed by atoms with Crippen LogP contribution in [0.15, 0.2) is 41.2 Å². The number of hydrogen-bond donors (Lipinski definition) is 0. The third kappa shape index (κ3) is 2.08. The van der Waals surface area contributed by atoms with E-state index in [1.807, 2.05) is 37.3 Å². The summed E-state index contributed by atoms with van der Waals surface area (Å²) in [6, 6.07) is 9.68. The quantitative estimate of drug-likeness (QED) is 0.768. The smallest absolute Gasteiger partial charge is 0.244 e. The molecule has 0 saturated carbocycles. The molecule has 2 rings (SSSR count). The van der Waals surface area contributed by atoms with Gasteiger partial charge in [0.1, 0.15) is 0 Å². The Bertz CT molecular complexity index is 539. The van der Waals surface area contributed by atoms with Crippen LogP contribution in [0.3, 0.4) is 0 Å². The van der Waals surface area contributed by atoms with Gasteiger partial charge in [-0.1, -0.05) is 36.4 Å². The van der Waals surface area contributed by atoms with Crippen molar-refractivity contribution in [2.24, 2.45) is 0 Å². The van der Waals surface area contributed by atoms with Crippen molar-refractivity contribution in [1.29, 1.82) is 0 Å². The molecule has 1 aromatic carbocycles. The first-order valence-electron chi connectivity index (χ1n) is 5.00. The van der Waals surface area contributed by atoms with Crippen LogP contribution >= 0.6 is 0 Å². The fourth-order valence-corrected chi connectivity index (χ4v) is 1.38. The van der Waals surface area contributed by atoms with Crippen LogP contribution in [-0.2, 0) is 6.54 Å². The van der Waals surface area contributed by atoms with Gasteiger partial charge in [-0.15, -0.1) is 0 Å². The highest BCUT2D eigenvalue weighted by Crippen LogP contribution is 1.98. The number of benzene rings is 1. The molecule has 1 aromatic heterocycles. The molecule has 5 nitrogen and oxygen atoms in total. The molecule has 0 saturated heterocycles. The molecule has 5 heteroatoms. The van der Waals surface area contributed by atoms with E-state index in [9.17, 15) is 4.79 Å². The summed E-state index contributed by atoms with van der Waals surface area (Å²) in [4.78, 5) is 11.7. The van der Waals surface area contributed by atoms with Crippen molar-refractivity contribution in [1.82, 2.24) is 19.8 Å². The lowest BCUT2D eigenvalue weighted by atomic mass is 10.2. The molecule has 0 unspecified atom stereocenters. The molecule has 0 aliphatic carbocycles. The van der Waals surface area contributed by atoms with Gasteiger partial charge >= 0.3 is 5.69 Å². The van der Waals surface area contributed by atoms with E-state index in [2.05, 4.69) is 10.4 Å². The van der Waals surface area contributed by atoms with Gasteiger partial charge in [0.2, 0.25) is 0 Å². The zero-order valence-electron chi connectivity index (χ0n) is 8.95. The van der Waals surface area contributed by atoms with E-state index in [1.54, 1.807) is 12.3 Å². The van der Waals surface area contributed by atoms with E-state index < -0.39 is 0 Å². The van der Waals surface area contributed by atoms with Gasteiger partial charge in [0.15, 0.2) is 0 Å². The SMILES string of the molecule is C/C=C\n1nnn(Cc2ccccc2)c1=O. The Kier molecular flexibility index (Phi) is 2.95. The minimum Gasteiger partial charge on any atom is -0.244 e. The van der Waals surface area contributed by atoms with E-state index in [0.717, 1.165) is 5.56 Å². The highest BCUT2D eigenvalue weighted by Gasteiger charge is 2.04. The number of tetrazole rings is 1. The van der Waals surface area contributed by atoms with Crippen LogP contribution in [0.25, 0.3) is 6.20 Å². The predicted octanol–water partition coefficient (Wildman–Crippen LogP) is 0.979. The largest absolute Gasteiger partial charge is 0.368 e. The molecule has 0 atom stereocenters. The van der Waals surface area contributed by atoms with Gasteiger partial charge < -0.3 is 0 Å². The van der Waals surface area contributed by atoms with E-state index in [-0.39, 0.29) is 5.69 Å². The summed E-state index contributed by atoms with van der Waals surface area (Å²) in [5.41, 5.74) is 0.791. The molecule has 0 radical (unpaired) electrons. The van der Waals surface area contributed by atoms with Gasteiger partial charge in [-0.05, 0) is 22.9 Å². The molecule has 0 bridgehead atoms. The Morgan fingerprint density at radius 1 is 1.25 bits per heavy atom. The van der Waals surface area contributed by atoms with E-state index in [1.165, 1.54) is 9.36 Å². The lowest BCUT2D eigenvalue weighted by Gasteiger charge is -1.97. The average molecular weight is 216 g/mol. The molecule has 82 valence electrons. The Labute approximate surface area is 92.6 Å². The summed E-state index contributed by atoms with van der Waals surface area (Å²) >= 11 is 0. The summed E-state index contributed by atoms with van der Waals surface area (Å²) in [5.74, 6) is 0. The monoisotopic (exact) mass is 216 g/mol. The second-order valence-electron chi connectivity index (χ2n) is 3.33. The van der Waals surface area contributed by atoms with Crippen molar-refractivity contribution in [3.8, 4) is 0 Å². The molecule has 0 amide bonds. The Morgan fingerprint density at radius 2 is 2.00 bits per heavy atom. The van der Waals surface area contributed by atoms with Gasteiger partial charge in [0.05, 0.1) is 6.54 Å². The van der Waals surface area contributed by atoms with Crippen LogP contribution in [0.2, 0.25) is 0 Å². The third-order valence-electron chi connectivity index (χ3n) is 2.13. The summed E-state index contributed by atoms with van der Waals surface area (Å²) in [6.45, 7) is 2.26. The summed E-state index contributed by atoms with van der Waals surface area (Å²) in [7, 11) is 0. The van der Waals surface area contributed by atoms with Gasteiger partial charge in [0.25, 0.3) is 0 Å². The minimum absolute atomic E-state index is 0.234. The second-order valence-corrected chi connectivity index (χ2v) is 3.33. The molecule has 0 aliphatic rings. The normalized spacial score (nSPS) is 11.1.